The monoisotopic (exact) mass is 113 g/mol. The summed E-state index contributed by atoms with van der Waals surface area (Å²) in [7, 11) is 1.59. The first-order valence-electron chi connectivity index (χ1n) is 2.44. The van der Waals surface area contributed by atoms with Crippen molar-refractivity contribution in [1.29, 1.82) is 5.41 Å². The molecule has 0 amide bonds. The molecule has 0 unspecified atom stereocenters. The molecule has 0 fully saturated rings. The van der Waals surface area contributed by atoms with E-state index in [-0.39, 0.29) is 0 Å². The predicted octanol–water partition coefficient (Wildman–Crippen LogP) is 1.58. The fourth-order valence-electron chi connectivity index (χ4n) is 0.364. The average molecular weight is 113 g/mol. The van der Waals surface area contributed by atoms with E-state index in [9.17, 15) is 0 Å². The van der Waals surface area contributed by atoms with E-state index >= 15 is 0 Å². The lowest BCUT2D eigenvalue weighted by atomic mass is 10.3. The Bertz CT molecular complexity index is 116. The van der Waals surface area contributed by atoms with Crippen molar-refractivity contribution in [3.63, 3.8) is 0 Å². The summed E-state index contributed by atoms with van der Waals surface area (Å²) >= 11 is 0. The zero-order chi connectivity index (χ0) is 6.57. The first kappa shape index (κ1) is 7.21. The van der Waals surface area contributed by atoms with Crippen molar-refractivity contribution in [2.24, 2.45) is 0 Å². The van der Waals surface area contributed by atoms with E-state index in [2.05, 4.69) is 0 Å². The average Bonchev–Trinajstić information content (AvgIpc) is 1.65. The van der Waals surface area contributed by atoms with E-state index in [0.29, 0.717) is 5.71 Å². The molecule has 8 heavy (non-hydrogen) atoms. The van der Waals surface area contributed by atoms with Crippen molar-refractivity contribution in [3.05, 3.63) is 11.8 Å². The third kappa shape index (κ3) is 3.40. The maximum Gasteiger partial charge on any atom is 0.0942 e. The van der Waals surface area contributed by atoms with Gasteiger partial charge >= 0.3 is 0 Å². The van der Waals surface area contributed by atoms with Crippen LogP contribution in [0.4, 0.5) is 0 Å². The molecular weight excluding hydrogens is 102 g/mol. The lowest BCUT2D eigenvalue weighted by molar-refractivity contribution is 0.294. The minimum atomic E-state index is 0.518. The quantitative estimate of drug-likeness (QED) is 0.428. The standard InChI is InChI=1S/C6H11NO/c1-5(7)4-6(2)8-3/h4,7H,1-3H3/b6-4-,7-5?. The van der Waals surface area contributed by atoms with Gasteiger partial charge in [0, 0.05) is 5.71 Å². The maximum atomic E-state index is 6.97. The maximum absolute atomic E-state index is 6.97. The summed E-state index contributed by atoms with van der Waals surface area (Å²) in [5.74, 6) is 0.775. The van der Waals surface area contributed by atoms with Gasteiger partial charge in [0.05, 0.1) is 12.9 Å². The summed E-state index contributed by atoms with van der Waals surface area (Å²) in [6.07, 6.45) is 1.67. The lowest BCUT2D eigenvalue weighted by Crippen LogP contribution is -1.85. The highest BCUT2D eigenvalue weighted by Crippen LogP contribution is 1.90. The number of methoxy groups -OCH3 is 1. The van der Waals surface area contributed by atoms with Gasteiger partial charge in [0.15, 0.2) is 0 Å². The molecule has 0 aliphatic carbocycles. The topological polar surface area (TPSA) is 33.1 Å². The Labute approximate surface area is 49.7 Å². The van der Waals surface area contributed by atoms with Crippen LogP contribution in [0.3, 0.4) is 0 Å². The Morgan fingerprint density at radius 1 is 1.50 bits per heavy atom. The molecule has 2 heteroatoms. The molecular formula is C6H11NO. The van der Waals surface area contributed by atoms with Gasteiger partial charge < -0.3 is 10.1 Å². The number of ether oxygens (including phenoxy) is 1. The molecule has 0 aromatic heterocycles. The fourth-order valence-corrected chi connectivity index (χ4v) is 0.364. The third-order valence-corrected chi connectivity index (χ3v) is 0.742. The molecule has 0 aromatic rings. The van der Waals surface area contributed by atoms with Gasteiger partial charge in [-0.2, -0.15) is 0 Å². The van der Waals surface area contributed by atoms with Crippen LogP contribution in [0.15, 0.2) is 11.8 Å². The minimum absolute atomic E-state index is 0.518. The van der Waals surface area contributed by atoms with Crippen LogP contribution in [-0.4, -0.2) is 12.8 Å². The molecule has 0 atom stereocenters. The predicted molar refractivity (Wildman–Crippen MR) is 34.2 cm³/mol. The number of rotatable bonds is 2. The molecule has 0 rings (SSSR count). The summed E-state index contributed by atoms with van der Waals surface area (Å²) in [6.45, 7) is 3.53. The third-order valence-electron chi connectivity index (χ3n) is 0.742. The van der Waals surface area contributed by atoms with Crippen LogP contribution in [-0.2, 0) is 4.74 Å². The highest BCUT2D eigenvalue weighted by atomic mass is 16.5. The Balaban J connectivity index is 3.75. The van der Waals surface area contributed by atoms with Crippen molar-refractivity contribution in [2.75, 3.05) is 7.11 Å². The van der Waals surface area contributed by atoms with Gasteiger partial charge in [-0.25, -0.2) is 0 Å². The number of nitrogens with one attached hydrogen (secondary N) is 1. The molecule has 0 saturated heterocycles. The number of allylic oxidation sites excluding steroid dienone is 2. The van der Waals surface area contributed by atoms with E-state index < -0.39 is 0 Å². The van der Waals surface area contributed by atoms with Crippen LogP contribution >= 0.6 is 0 Å². The number of hydrogen-bond acceptors (Lipinski definition) is 2. The minimum Gasteiger partial charge on any atom is -0.501 e. The van der Waals surface area contributed by atoms with Crippen molar-refractivity contribution < 1.29 is 4.74 Å². The number of hydrogen-bond donors (Lipinski definition) is 1. The zero-order valence-corrected chi connectivity index (χ0v) is 5.49. The molecule has 1 N–H and O–H groups in total. The molecule has 0 spiro atoms. The summed E-state index contributed by atoms with van der Waals surface area (Å²) in [5, 5.41) is 6.97. The molecule has 2 nitrogen and oxygen atoms in total. The largest absolute Gasteiger partial charge is 0.501 e. The van der Waals surface area contributed by atoms with Crippen LogP contribution in [0.5, 0.6) is 0 Å². The van der Waals surface area contributed by atoms with Crippen LogP contribution in [0.1, 0.15) is 13.8 Å². The molecule has 0 aromatic carbocycles. The van der Waals surface area contributed by atoms with Crippen LogP contribution in [0.2, 0.25) is 0 Å². The highest BCUT2D eigenvalue weighted by molar-refractivity contribution is 5.90. The zero-order valence-electron chi connectivity index (χ0n) is 5.49. The van der Waals surface area contributed by atoms with Gasteiger partial charge in [0.25, 0.3) is 0 Å². The summed E-state index contributed by atoms with van der Waals surface area (Å²) in [4.78, 5) is 0. The molecule has 0 radical (unpaired) electrons. The molecule has 0 aliphatic heterocycles. The second-order valence-corrected chi connectivity index (χ2v) is 1.64. The van der Waals surface area contributed by atoms with Gasteiger partial charge in [-0.1, -0.05) is 0 Å². The van der Waals surface area contributed by atoms with Crippen molar-refractivity contribution >= 4 is 5.71 Å². The van der Waals surface area contributed by atoms with E-state index in [0.717, 1.165) is 5.76 Å². The smallest absolute Gasteiger partial charge is 0.0942 e. The molecule has 0 bridgehead atoms. The van der Waals surface area contributed by atoms with Crippen molar-refractivity contribution in [2.45, 2.75) is 13.8 Å². The normalized spacial score (nSPS) is 11.1. The molecule has 46 valence electrons. The van der Waals surface area contributed by atoms with E-state index in [1.54, 1.807) is 20.1 Å². The van der Waals surface area contributed by atoms with Gasteiger partial charge in [0.2, 0.25) is 0 Å². The Morgan fingerprint density at radius 2 is 2.00 bits per heavy atom. The van der Waals surface area contributed by atoms with Crippen LogP contribution in [0.25, 0.3) is 0 Å². The van der Waals surface area contributed by atoms with Gasteiger partial charge in [-0.15, -0.1) is 0 Å². The second-order valence-electron chi connectivity index (χ2n) is 1.64. The van der Waals surface area contributed by atoms with Crippen LogP contribution < -0.4 is 0 Å². The fraction of sp³-hybridized carbons (Fsp3) is 0.500. The Morgan fingerprint density at radius 3 is 2.12 bits per heavy atom. The lowest BCUT2D eigenvalue weighted by Gasteiger charge is -1.94. The summed E-state index contributed by atoms with van der Waals surface area (Å²) < 4.78 is 4.78. The summed E-state index contributed by atoms with van der Waals surface area (Å²) in [5.41, 5.74) is 0.518. The van der Waals surface area contributed by atoms with Gasteiger partial charge in [-0.3, -0.25) is 0 Å². The van der Waals surface area contributed by atoms with Crippen molar-refractivity contribution in [1.82, 2.24) is 0 Å². The van der Waals surface area contributed by atoms with E-state index in [4.69, 9.17) is 10.1 Å². The first-order chi connectivity index (χ1) is 3.66. The van der Waals surface area contributed by atoms with Crippen LogP contribution in [0, 0.1) is 5.41 Å². The Kier molecular flexibility index (Phi) is 2.92. The highest BCUT2D eigenvalue weighted by Gasteiger charge is 1.82. The van der Waals surface area contributed by atoms with Gasteiger partial charge in [0.1, 0.15) is 0 Å². The SMILES string of the molecule is CO/C(C)=C\C(C)=N. The molecule has 0 heterocycles. The first-order valence-corrected chi connectivity index (χ1v) is 2.44. The second kappa shape index (κ2) is 3.24. The van der Waals surface area contributed by atoms with E-state index in [1.807, 2.05) is 6.92 Å². The molecule has 0 aliphatic rings. The Hall–Kier alpha value is -0.790. The summed E-state index contributed by atoms with van der Waals surface area (Å²) in [6, 6.07) is 0. The van der Waals surface area contributed by atoms with Crippen molar-refractivity contribution in [3.8, 4) is 0 Å². The van der Waals surface area contributed by atoms with E-state index in [1.165, 1.54) is 0 Å². The molecule has 0 saturated carbocycles. The van der Waals surface area contributed by atoms with Gasteiger partial charge in [-0.05, 0) is 19.9 Å².